The van der Waals surface area contributed by atoms with Crippen molar-refractivity contribution < 1.29 is 0 Å². The van der Waals surface area contributed by atoms with Gasteiger partial charge in [-0.2, -0.15) is 5.10 Å². The van der Waals surface area contributed by atoms with Gasteiger partial charge >= 0.3 is 0 Å². The molecule has 106 valence electrons. The Bertz CT molecular complexity index is 575. The van der Waals surface area contributed by atoms with Gasteiger partial charge in [0.05, 0.1) is 5.69 Å². The van der Waals surface area contributed by atoms with Crippen LogP contribution in [0.15, 0.2) is 36.5 Å². The first-order valence-electron chi connectivity index (χ1n) is 7.20. The molecule has 1 aromatic heterocycles. The molecule has 0 bridgehead atoms. The SMILES string of the molecule is CNCC1Cc2ccccc2CN1Cc1ccn(C)n1. The first kappa shape index (κ1) is 13.3. The Morgan fingerprint density at radius 1 is 1.25 bits per heavy atom. The number of nitrogens with zero attached hydrogens (tertiary/aromatic N) is 3. The Labute approximate surface area is 120 Å². The fourth-order valence-corrected chi connectivity index (χ4v) is 3.02. The van der Waals surface area contributed by atoms with Crippen LogP contribution in [0.4, 0.5) is 0 Å². The summed E-state index contributed by atoms with van der Waals surface area (Å²) in [5.74, 6) is 0. The molecule has 1 aliphatic rings. The van der Waals surface area contributed by atoms with Crippen LogP contribution < -0.4 is 5.32 Å². The number of likely N-dealkylation sites (N-methyl/N-ethyl adjacent to an activating group) is 1. The summed E-state index contributed by atoms with van der Waals surface area (Å²) in [6, 6.07) is 11.4. The molecule has 1 aromatic carbocycles. The number of hydrogen-bond acceptors (Lipinski definition) is 3. The molecule has 1 unspecified atom stereocenters. The molecule has 2 aromatic rings. The van der Waals surface area contributed by atoms with E-state index in [2.05, 4.69) is 45.6 Å². The number of aryl methyl sites for hydroxylation is 1. The average molecular weight is 270 g/mol. The molecule has 0 saturated heterocycles. The molecule has 4 nitrogen and oxygen atoms in total. The Morgan fingerprint density at radius 2 is 2.05 bits per heavy atom. The van der Waals surface area contributed by atoms with Gasteiger partial charge in [-0.25, -0.2) is 0 Å². The molecule has 0 fully saturated rings. The van der Waals surface area contributed by atoms with Crippen LogP contribution >= 0.6 is 0 Å². The minimum atomic E-state index is 0.539. The molecule has 20 heavy (non-hydrogen) atoms. The molecule has 2 heterocycles. The van der Waals surface area contributed by atoms with E-state index in [-0.39, 0.29) is 0 Å². The summed E-state index contributed by atoms with van der Waals surface area (Å²) in [6.07, 6.45) is 3.13. The maximum atomic E-state index is 4.51. The van der Waals surface area contributed by atoms with E-state index in [0.29, 0.717) is 6.04 Å². The highest BCUT2D eigenvalue weighted by atomic mass is 15.3. The molecule has 0 aliphatic carbocycles. The number of aromatic nitrogens is 2. The average Bonchev–Trinajstić information content (AvgIpc) is 2.85. The van der Waals surface area contributed by atoms with Crippen molar-refractivity contribution in [2.45, 2.75) is 25.6 Å². The predicted molar refractivity (Wildman–Crippen MR) is 80.3 cm³/mol. The fourth-order valence-electron chi connectivity index (χ4n) is 3.02. The minimum absolute atomic E-state index is 0.539. The highest BCUT2D eigenvalue weighted by Gasteiger charge is 2.25. The molecule has 0 amide bonds. The van der Waals surface area contributed by atoms with Gasteiger partial charge in [0, 0.05) is 38.9 Å². The van der Waals surface area contributed by atoms with E-state index in [9.17, 15) is 0 Å². The first-order chi connectivity index (χ1) is 9.76. The molecule has 0 saturated carbocycles. The number of rotatable bonds is 4. The lowest BCUT2D eigenvalue weighted by Crippen LogP contribution is -2.45. The molecule has 4 heteroatoms. The summed E-state index contributed by atoms with van der Waals surface area (Å²) in [5, 5.41) is 7.83. The van der Waals surface area contributed by atoms with Gasteiger partial charge in [-0.15, -0.1) is 0 Å². The van der Waals surface area contributed by atoms with Gasteiger partial charge in [-0.05, 0) is 30.7 Å². The lowest BCUT2D eigenvalue weighted by Gasteiger charge is -2.36. The summed E-state index contributed by atoms with van der Waals surface area (Å²) < 4.78 is 1.88. The summed E-state index contributed by atoms with van der Waals surface area (Å²) in [7, 11) is 4.00. The normalized spacial score (nSPS) is 19.0. The van der Waals surface area contributed by atoms with Gasteiger partial charge in [0.25, 0.3) is 0 Å². The van der Waals surface area contributed by atoms with Crippen LogP contribution in [0.5, 0.6) is 0 Å². The third kappa shape index (κ3) is 2.76. The van der Waals surface area contributed by atoms with E-state index >= 15 is 0 Å². The van der Waals surface area contributed by atoms with Gasteiger partial charge < -0.3 is 5.32 Å². The van der Waals surface area contributed by atoms with Crippen LogP contribution in [0.1, 0.15) is 16.8 Å². The third-order valence-electron chi connectivity index (χ3n) is 4.04. The molecule has 3 rings (SSSR count). The minimum Gasteiger partial charge on any atom is -0.318 e. The van der Waals surface area contributed by atoms with Gasteiger partial charge in [-0.3, -0.25) is 9.58 Å². The van der Waals surface area contributed by atoms with Crippen LogP contribution in [-0.4, -0.2) is 34.3 Å². The number of benzene rings is 1. The van der Waals surface area contributed by atoms with Gasteiger partial charge in [-0.1, -0.05) is 24.3 Å². The van der Waals surface area contributed by atoms with Crippen LogP contribution in [0, 0.1) is 0 Å². The zero-order chi connectivity index (χ0) is 13.9. The highest BCUT2D eigenvalue weighted by Crippen LogP contribution is 2.24. The van der Waals surface area contributed by atoms with Crippen molar-refractivity contribution in [2.24, 2.45) is 7.05 Å². The first-order valence-corrected chi connectivity index (χ1v) is 7.20. The second-order valence-corrected chi connectivity index (χ2v) is 5.57. The van der Waals surface area contributed by atoms with E-state index in [1.807, 2.05) is 25.0 Å². The summed E-state index contributed by atoms with van der Waals surface area (Å²) in [6.45, 7) is 2.95. The monoisotopic (exact) mass is 270 g/mol. The van der Waals surface area contributed by atoms with Crippen molar-refractivity contribution in [1.29, 1.82) is 0 Å². The lowest BCUT2D eigenvalue weighted by atomic mass is 9.94. The van der Waals surface area contributed by atoms with E-state index in [4.69, 9.17) is 0 Å². The van der Waals surface area contributed by atoms with Crippen molar-refractivity contribution >= 4 is 0 Å². The summed E-state index contributed by atoms with van der Waals surface area (Å²) >= 11 is 0. The van der Waals surface area contributed by atoms with Crippen LogP contribution in [0.2, 0.25) is 0 Å². The van der Waals surface area contributed by atoms with Crippen molar-refractivity contribution in [2.75, 3.05) is 13.6 Å². The maximum Gasteiger partial charge on any atom is 0.0764 e. The van der Waals surface area contributed by atoms with Gasteiger partial charge in [0.2, 0.25) is 0 Å². The lowest BCUT2D eigenvalue weighted by molar-refractivity contribution is 0.158. The molecule has 1 N–H and O–H groups in total. The van der Waals surface area contributed by atoms with E-state index < -0.39 is 0 Å². The van der Waals surface area contributed by atoms with Crippen molar-refractivity contribution in [3.05, 3.63) is 53.3 Å². The Morgan fingerprint density at radius 3 is 2.75 bits per heavy atom. The van der Waals surface area contributed by atoms with Crippen molar-refractivity contribution in [3.8, 4) is 0 Å². The second-order valence-electron chi connectivity index (χ2n) is 5.57. The van der Waals surface area contributed by atoms with Crippen LogP contribution in [-0.2, 0) is 26.6 Å². The van der Waals surface area contributed by atoms with E-state index in [1.165, 1.54) is 11.1 Å². The predicted octanol–water partition coefficient (Wildman–Crippen LogP) is 1.57. The quantitative estimate of drug-likeness (QED) is 0.915. The molecule has 0 radical (unpaired) electrons. The topological polar surface area (TPSA) is 33.1 Å². The third-order valence-corrected chi connectivity index (χ3v) is 4.04. The highest BCUT2D eigenvalue weighted by molar-refractivity contribution is 5.30. The van der Waals surface area contributed by atoms with Gasteiger partial charge in [0.15, 0.2) is 0 Å². The van der Waals surface area contributed by atoms with Crippen molar-refractivity contribution in [1.82, 2.24) is 20.0 Å². The standard InChI is InChI=1S/C16H22N4/c1-17-10-16-9-13-5-3-4-6-14(13)11-20(16)12-15-7-8-19(2)18-15/h3-8,16-17H,9-12H2,1-2H3. The van der Waals surface area contributed by atoms with Gasteiger partial charge in [0.1, 0.15) is 0 Å². The number of nitrogens with one attached hydrogen (secondary N) is 1. The van der Waals surface area contributed by atoms with Crippen LogP contribution in [0.3, 0.4) is 0 Å². The van der Waals surface area contributed by atoms with Crippen LogP contribution in [0.25, 0.3) is 0 Å². The summed E-state index contributed by atoms with van der Waals surface area (Å²) in [4.78, 5) is 2.53. The Kier molecular flexibility index (Phi) is 3.85. The second kappa shape index (κ2) is 5.77. The molecule has 1 atom stereocenters. The zero-order valence-corrected chi connectivity index (χ0v) is 12.2. The number of fused-ring (bicyclic) bond motifs is 1. The van der Waals surface area contributed by atoms with E-state index in [0.717, 1.165) is 31.7 Å². The van der Waals surface area contributed by atoms with E-state index in [1.54, 1.807) is 0 Å². The smallest absolute Gasteiger partial charge is 0.0764 e. The number of hydrogen-bond donors (Lipinski definition) is 1. The molecular formula is C16H22N4. The fraction of sp³-hybridized carbons (Fsp3) is 0.438. The Balaban J connectivity index is 1.80. The van der Waals surface area contributed by atoms with Crippen molar-refractivity contribution in [3.63, 3.8) is 0 Å². The summed E-state index contributed by atoms with van der Waals surface area (Å²) in [5.41, 5.74) is 4.09. The molecule has 0 spiro atoms. The Hall–Kier alpha value is -1.65. The zero-order valence-electron chi connectivity index (χ0n) is 12.2. The maximum absolute atomic E-state index is 4.51. The molecular weight excluding hydrogens is 248 g/mol. The largest absolute Gasteiger partial charge is 0.318 e. The molecule has 1 aliphatic heterocycles.